The van der Waals surface area contributed by atoms with Crippen molar-refractivity contribution in [1.82, 2.24) is 15.5 Å². The van der Waals surface area contributed by atoms with Gasteiger partial charge in [-0.15, -0.1) is 36.2 Å². The monoisotopic (exact) mass is 413 g/mol. The third-order valence-corrected chi connectivity index (χ3v) is 6.11. The van der Waals surface area contributed by atoms with Gasteiger partial charge in [0.1, 0.15) is 5.54 Å². The number of fused-ring (bicyclic) bond motifs is 1. The summed E-state index contributed by atoms with van der Waals surface area (Å²) in [6.07, 6.45) is 1.64. The van der Waals surface area contributed by atoms with Crippen LogP contribution in [0.15, 0.2) is 41.8 Å². The molecule has 1 aliphatic heterocycles. The van der Waals surface area contributed by atoms with E-state index < -0.39 is 5.54 Å². The van der Waals surface area contributed by atoms with Gasteiger partial charge in [0, 0.05) is 43.9 Å². The van der Waals surface area contributed by atoms with E-state index in [1.165, 1.54) is 16.0 Å². The normalized spacial score (nSPS) is 18.3. The van der Waals surface area contributed by atoms with Crippen molar-refractivity contribution in [1.29, 1.82) is 0 Å². The molecule has 2 aliphatic rings. The Balaban J connectivity index is 0.00000121. The van der Waals surface area contributed by atoms with E-state index >= 15 is 0 Å². The highest BCUT2D eigenvalue weighted by atomic mass is 35.5. The maximum Gasteiger partial charge on any atom is 0.241 e. The van der Waals surface area contributed by atoms with Crippen molar-refractivity contribution in [3.63, 3.8) is 0 Å². The standard InChI is InChI=1S/C19H23N3OS.2ClH/c23-18(21-14-17-6-3-11-24-17)19(22-9-7-20-8-10-22)12-15-4-1-2-5-16(15)13-19;;/h1-6,11,20H,7-10,12-14H2,(H,21,23);2*1H. The number of nitrogens with zero attached hydrogens (tertiary/aromatic N) is 1. The molecular formula is C19H25Cl2N3OS. The average molecular weight is 414 g/mol. The van der Waals surface area contributed by atoms with E-state index in [2.05, 4.69) is 51.2 Å². The first-order valence-electron chi connectivity index (χ1n) is 8.61. The highest BCUT2D eigenvalue weighted by Gasteiger charge is 2.48. The lowest BCUT2D eigenvalue weighted by Crippen LogP contribution is -2.63. The topological polar surface area (TPSA) is 44.4 Å². The predicted octanol–water partition coefficient (Wildman–Crippen LogP) is 2.65. The highest BCUT2D eigenvalue weighted by molar-refractivity contribution is 7.09. The molecule has 4 rings (SSSR count). The van der Waals surface area contributed by atoms with Gasteiger partial charge in [0.25, 0.3) is 0 Å². The number of thiophene rings is 1. The number of piperazine rings is 1. The number of rotatable bonds is 4. The maximum absolute atomic E-state index is 13.3. The number of hydrogen-bond acceptors (Lipinski definition) is 4. The fraction of sp³-hybridized carbons (Fsp3) is 0.421. The zero-order chi connectivity index (χ0) is 16.4. The molecular weight excluding hydrogens is 389 g/mol. The van der Waals surface area contributed by atoms with Gasteiger partial charge in [0.05, 0.1) is 6.54 Å². The van der Waals surface area contributed by atoms with E-state index in [4.69, 9.17) is 0 Å². The van der Waals surface area contributed by atoms with Gasteiger partial charge in [-0.1, -0.05) is 30.3 Å². The molecule has 2 N–H and O–H groups in total. The van der Waals surface area contributed by atoms with E-state index in [9.17, 15) is 4.79 Å². The number of nitrogens with one attached hydrogen (secondary N) is 2. The van der Waals surface area contributed by atoms with Crippen LogP contribution in [-0.2, 0) is 24.2 Å². The summed E-state index contributed by atoms with van der Waals surface area (Å²) in [5.41, 5.74) is 2.22. The summed E-state index contributed by atoms with van der Waals surface area (Å²) in [4.78, 5) is 16.9. The van der Waals surface area contributed by atoms with Gasteiger partial charge < -0.3 is 10.6 Å². The van der Waals surface area contributed by atoms with Crippen LogP contribution in [0.4, 0.5) is 0 Å². The lowest BCUT2D eigenvalue weighted by molar-refractivity contribution is -0.134. The quantitative estimate of drug-likeness (QED) is 0.809. The number of hydrogen-bond donors (Lipinski definition) is 2. The van der Waals surface area contributed by atoms with Crippen LogP contribution in [0.3, 0.4) is 0 Å². The number of carbonyl (C=O) groups excluding carboxylic acids is 1. The Labute approximate surface area is 171 Å². The molecule has 0 radical (unpaired) electrons. The Kier molecular flexibility index (Phi) is 7.50. The third-order valence-electron chi connectivity index (χ3n) is 5.23. The van der Waals surface area contributed by atoms with Crippen LogP contribution < -0.4 is 10.6 Å². The Morgan fingerprint density at radius 2 is 1.73 bits per heavy atom. The number of halogens is 2. The van der Waals surface area contributed by atoms with E-state index in [0.717, 1.165) is 39.0 Å². The zero-order valence-electron chi connectivity index (χ0n) is 14.6. The van der Waals surface area contributed by atoms with Crippen LogP contribution in [-0.4, -0.2) is 42.5 Å². The summed E-state index contributed by atoms with van der Waals surface area (Å²) < 4.78 is 0. The van der Waals surface area contributed by atoms with Gasteiger partial charge in [0.15, 0.2) is 0 Å². The summed E-state index contributed by atoms with van der Waals surface area (Å²) in [6.45, 7) is 4.40. The van der Waals surface area contributed by atoms with Crippen molar-refractivity contribution >= 4 is 42.1 Å². The Morgan fingerprint density at radius 3 is 2.31 bits per heavy atom. The van der Waals surface area contributed by atoms with Crippen LogP contribution in [0.25, 0.3) is 0 Å². The molecule has 1 aliphatic carbocycles. The van der Waals surface area contributed by atoms with Crippen molar-refractivity contribution in [2.45, 2.75) is 24.9 Å². The maximum atomic E-state index is 13.3. The first kappa shape index (κ1) is 21.2. The van der Waals surface area contributed by atoms with E-state index in [-0.39, 0.29) is 30.7 Å². The van der Waals surface area contributed by atoms with Gasteiger partial charge >= 0.3 is 0 Å². The van der Waals surface area contributed by atoms with Crippen molar-refractivity contribution < 1.29 is 4.79 Å². The highest BCUT2D eigenvalue weighted by Crippen LogP contribution is 2.35. The molecule has 0 saturated carbocycles. The lowest BCUT2D eigenvalue weighted by atomic mass is 9.91. The summed E-state index contributed by atoms with van der Waals surface area (Å²) in [5, 5.41) is 8.66. The van der Waals surface area contributed by atoms with Crippen LogP contribution in [0.1, 0.15) is 16.0 Å². The average Bonchev–Trinajstić information content (AvgIpc) is 3.28. The van der Waals surface area contributed by atoms with Gasteiger partial charge in [-0.05, 0) is 22.6 Å². The molecule has 1 aromatic heterocycles. The van der Waals surface area contributed by atoms with Crippen LogP contribution in [0, 0.1) is 0 Å². The Bertz CT molecular complexity index is 692. The molecule has 2 aromatic rings. The van der Waals surface area contributed by atoms with Crippen molar-refractivity contribution in [3.05, 3.63) is 57.8 Å². The summed E-state index contributed by atoms with van der Waals surface area (Å²) in [6, 6.07) is 12.6. The SMILES string of the molecule is Cl.Cl.O=C(NCc1cccs1)C1(N2CCNCC2)Cc2ccccc2C1. The molecule has 26 heavy (non-hydrogen) atoms. The molecule has 2 heterocycles. The first-order chi connectivity index (χ1) is 11.8. The minimum Gasteiger partial charge on any atom is -0.350 e. The molecule has 1 aromatic carbocycles. The van der Waals surface area contributed by atoms with Crippen molar-refractivity contribution in [3.8, 4) is 0 Å². The van der Waals surface area contributed by atoms with E-state index in [1.54, 1.807) is 11.3 Å². The molecule has 1 saturated heterocycles. The number of benzene rings is 1. The first-order valence-corrected chi connectivity index (χ1v) is 9.49. The number of carbonyl (C=O) groups is 1. The second-order valence-corrected chi connectivity index (χ2v) is 7.69. The Morgan fingerprint density at radius 1 is 1.08 bits per heavy atom. The molecule has 1 fully saturated rings. The Hall–Kier alpha value is -1.11. The van der Waals surface area contributed by atoms with Crippen molar-refractivity contribution in [2.24, 2.45) is 0 Å². The molecule has 7 heteroatoms. The van der Waals surface area contributed by atoms with Gasteiger partial charge in [0.2, 0.25) is 5.91 Å². The minimum absolute atomic E-state index is 0. The summed E-state index contributed by atoms with van der Waals surface area (Å²) >= 11 is 1.69. The van der Waals surface area contributed by atoms with E-state index in [1.807, 2.05) is 6.07 Å². The molecule has 142 valence electrons. The lowest BCUT2D eigenvalue weighted by Gasteiger charge is -2.42. The molecule has 0 spiro atoms. The summed E-state index contributed by atoms with van der Waals surface area (Å²) in [7, 11) is 0. The zero-order valence-corrected chi connectivity index (χ0v) is 17.0. The second-order valence-electron chi connectivity index (χ2n) is 6.65. The fourth-order valence-corrected chi connectivity index (χ4v) is 4.61. The largest absolute Gasteiger partial charge is 0.350 e. The van der Waals surface area contributed by atoms with Crippen LogP contribution in [0.2, 0.25) is 0 Å². The predicted molar refractivity (Wildman–Crippen MR) is 112 cm³/mol. The minimum atomic E-state index is -0.428. The molecule has 1 amide bonds. The fourth-order valence-electron chi connectivity index (χ4n) is 3.96. The van der Waals surface area contributed by atoms with Gasteiger partial charge in [-0.25, -0.2) is 0 Å². The van der Waals surface area contributed by atoms with E-state index in [0.29, 0.717) is 6.54 Å². The second kappa shape index (κ2) is 9.20. The van der Waals surface area contributed by atoms with Crippen molar-refractivity contribution in [2.75, 3.05) is 26.2 Å². The number of amides is 1. The smallest absolute Gasteiger partial charge is 0.241 e. The molecule has 0 unspecified atom stereocenters. The summed E-state index contributed by atoms with van der Waals surface area (Å²) in [5.74, 6) is 0.175. The van der Waals surface area contributed by atoms with Gasteiger partial charge in [-0.3, -0.25) is 9.69 Å². The van der Waals surface area contributed by atoms with Crippen LogP contribution in [0.5, 0.6) is 0 Å². The van der Waals surface area contributed by atoms with Gasteiger partial charge in [-0.2, -0.15) is 0 Å². The third kappa shape index (κ3) is 4.07. The van der Waals surface area contributed by atoms with Crippen LogP contribution >= 0.6 is 36.2 Å². The molecule has 4 nitrogen and oxygen atoms in total. The molecule has 0 atom stereocenters. The molecule has 0 bridgehead atoms.